The van der Waals surface area contributed by atoms with Gasteiger partial charge in [0.1, 0.15) is 6.33 Å². The smallest absolute Gasteiger partial charge is 0.100 e. The molecule has 90 valence electrons. The maximum absolute atomic E-state index is 4.41. The number of fused-ring (bicyclic) bond motifs is 1. The molecule has 0 fully saturated rings. The van der Waals surface area contributed by atoms with E-state index >= 15 is 0 Å². The van der Waals surface area contributed by atoms with E-state index in [1.165, 1.54) is 5.56 Å². The fourth-order valence-corrected chi connectivity index (χ4v) is 2.95. The van der Waals surface area contributed by atoms with Gasteiger partial charge in [0.15, 0.2) is 0 Å². The van der Waals surface area contributed by atoms with Gasteiger partial charge >= 0.3 is 0 Å². The molecule has 3 rings (SSSR count). The summed E-state index contributed by atoms with van der Waals surface area (Å²) in [6.45, 7) is 0. The Morgan fingerprint density at radius 2 is 1.94 bits per heavy atom. The Kier molecular flexibility index (Phi) is 3.22. The lowest BCUT2D eigenvalue weighted by atomic mass is 10.2. The zero-order valence-corrected chi connectivity index (χ0v) is 12.6. The molecule has 0 aliphatic rings. The summed E-state index contributed by atoms with van der Waals surface area (Å²) in [7, 11) is 0. The molecule has 2 aromatic carbocycles. The number of imidazole rings is 1. The van der Waals surface area contributed by atoms with E-state index in [0.29, 0.717) is 0 Å². The van der Waals surface area contributed by atoms with E-state index in [-0.39, 0.29) is 0 Å². The van der Waals surface area contributed by atoms with Crippen LogP contribution in [0.4, 0.5) is 0 Å². The van der Waals surface area contributed by atoms with Crippen LogP contribution in [0.5, 0.6) is 0 Å². The third kappa shape index (κ3) is 1.99. The Labute approximate surface area is 122 Å². The highest BCUT2D eigenvalue weighted by molar-refractivity contribution is 9.10. The molecule has 0 atom stereocenters. The molecule has 4 heteroatoms. The number of halogens is 2. The van der Waals surface area contributed by atoms with Crippen molar-refractivity contribution in [2.45, 2.75) is 5.33 Å². The first-order valence-electron chi connectivity index (χ1n) is 5.56. The number of aromatic nitrogens is 2. The minimum atomic E-state index is 0.858. The minimum Gasteiger partial charge on any atom is -0.298 e. The molecule has 0 spiro atoms. The summed E-state index contributed by atoms with van der Waals surface area (Å²) in [5.74, 6) is 0. The standard InChI is InChI=1S/C14H10Br2N2/c15-8-10-5-6-13(11(16)7-10)18-9-17-12-3-1-2-4-14(12)18/h1-7,9H,8H2. The maximum Gasteiger partial charge on any atom is 0.100 e. The lowest BCUT2D eigenvalue weighted by Gasteiger charge is -2.08. The molecule has 0 aliphatic heterocycles. The van der Waals surface area contributed by atoms with Gasteiger partial charge in [0.2, 0.25) is 0 Å². The molecule has 0 saturated heterocycles. The zero-order valence-electron chi connectivity index (χ0n) is 9.48. The second kappa shape index (κ2) is 4.86. The quantitative estimate of drug-likeness (QED) is 0.602. The normalized spacial score (nSPS) is 11.0. The summed E-state index contributed by atoms with van der Waals surface area (Å²) in [5, 5.41) is 0.858. The minimum absolute atomic E-state index is 0.858. The molecular formula is C14H10Br2N2. The molecule has 0 saturated carbocycles. The summed E-state index contributed by atoms with van der Waals surface area (Å²) < 4.78 is 3.17. The Morgan fingerprint density at radius 1 is 1.11 bits per heavy atom. The molecule has 0 aliphatic carbocycles. The molecule has 18 heavy (non-hydrogen) atoms. The summed E-state index contributed by atoms with van der Waals surface area (Å²) in [5.41, 5.74) is 4.47. The van der Waals surface area contributed by atoms with Crippen LogP contribution >= 0.6 is 31.9 Å². The second-order valence-electron chi connectivity index (χ2n) is 4.02. The molecule has 0 unspecified atom stereocenters. The third-order valence-corrected chi connectivity index (χ3v) is 4.16. The van der Waals surface area contributed by atoms with Crippen LogP contribution < -0.4 is 0 Å². The average Bonchev–Trinajstić information content (AvgIpc) is 2.82. The summed E-state index contributed by atoms with van der Waals surface area (Å²) >= 11 is 7.09. The average molecular weight is 366 g/mol. The van der Waals surface area contributed by atoms with Crippen molar-refractivity contribution in [3.05, 3.63) is 58.8 Å². The van der Waals surface area contributed by atoms with E-state index in [1.54, 1.807) is 0 Å². The SMILES string of the molecule is BrCc1ccc(-n2cnc3ccccc32)c(Br)c1. The number of alkyl halides is 1. The van der Waals surface area contributed by atoms with Gasteiger partial charge in [0.05, 0.1) is 16.7 Å². The lowest BCUT2D eigenvalue weighted by Crippen LogP contribution is -1.94. The first kappa shape index (κ1) is 11.9. The highest BCUT2D eigenvalue weighted by atomic mass is 79.9. The number of benzene rings is 2. The Morgan fingerprint density at radius 3 is 2.72 bits per heavy atom. The van der Waals surface area contributed by atoms with Gasteiger partial charge in [-0.3, -0.25) is 4.57 Å². The Hall–Kier alpha value is -1.13. The predicted molar refractivity (Wildman–Crippen MR) is 81.4 cm³/mol. The molecule has 1 heterocycles. The molecular weight excluding hydrogens is 356 g/mol. The fraction of sp³-hybridized carbons (Fsp3) is 0.0714. The van der Waals surface area contributed by atoms with E-state index in [4.69, 9.17) is 0 Å². The second-order valence-corrected chi connectivity index (χ2v) is 5.44. The number of nitrogens with zero attached hydrogens (tertiary/aromatic N) is 2. The van der Waals surface area contributed by atoms with Gasteiger partial charge in [-0.1, -0.05) is 34.1 Å². The highest BCUT2D eigenvalue weighted by Gasteiger charge is 2.07. The largest absolute Gasteiger partial charge is 0.298 e. The molecule has 1 aromatic heterocycles. The summed E-state index contributed by atoms with van der Waals surface area (Å²) in [6.07, 6.45) is 1.86. The number of rotatable bonds is 2. The zero-order chi connectivity index (χ0) is 12.5. The number of hydrogen-bond acceptors (Lipinski definition) is 1. The monoisotopic (exact) mass is 364 g/mol. The van der Waals surface area contributed by atoms with Crippen molar-refractivity contribution < 1.29 is 0 Å². The van der Waals surface area contributed by atoms with Gasteiger partial charge < -0.3 is 0 Å². The third-order valence-electron chi connectivity index (χ3n) is 2.88. The van der Waals surface area contributed by atoms with E-state index in [1.807, 2.05) is 24.5 Å². The van der Waals surface area contributed by atoms with Crippen molar-refractivity contribution in [1.29, 1.82) is 0 Å². The van der Waals surface area contributed by atoms with Crippen LogP contribution in [0.2, 0.25) is 0 Å². The molecule has 0 radical (unpaired) electrons. The van der Waals surface area contributed by atoms with E-state index in [2.05, 4.69) is 65.7 Å². The van der Waals surface area contributed by atoms with Crippen molar-refractivity contribution in [3.63, 3.8) is 0 Å². The van der Waals surface area contributed by atoms with Gasteiger partial charge in [0.25, 0.3) is 0 Å². The van der Waals surface area contributed by atoms with Crippen LogP contribution in [0.25, 0.3) is 16.7 Å². The van der Waals surface area contributed by atoms with Crippen molar-refractivity contribution in [2.75, 3.05) is 0 Å². The van der Waals surface area contributed by atoms with Crippen molar-refractivity contribution in [3.8, 4) is 5.69 Å². The van der Waals surface area contributed by atoms with Crippen LogP contribution in [0.15, 0.2) is 53.3 Å². The van der Waals surface area contributed by atoms with Crippen LogP contribution in [-0.2, 0) is 5.33 Å². The van der Waals surface area contributed by atoms with Gasteiger partial charge in [-0.05, 0) is 45.8 Å². The maximum atomic E-state index is 4.41. The molecule has 0 bridgehead atoms. The fourth-order valence-electron chi connectivity index (χ4n) is 1.98. The van der Waals surface area contributed by atoms with Crippen LogP contribution in [0.1, 0.15) is 5.56 Å². The molecule has 0 amide bonds. The highest BCUT2D eigenvalue weighted by Crippen LogP contribution is 2.26. The predicted octanol–water partition coefficient (Wildman–Crippen LogP) is 4.68. The van der Waals surface area contributed by atoms with Crippen molar-refractivity contribution in [1.82, 2.24) is 9.55 Å². The van der Waals surface area contributed by atoms with Crippen molar-refractivity contribution >= 4 is 42.9 Å². The topological polar surface area (TPSA) is 17.8 Å². The van der Waals surface area contributed by atoms with E-state index < -0.39 is 0 Å². The molecule has 2 nitrogen and oxygen atoms in total. The molecule has 3 aromatic rings. The van der Waals surface area contributed by atoms with Crippen molar-refractivity contribution in [2.24, 2.45) is 0 Å². The van der Waals surface area contributed by atoms with Gasteiger partial charge in [-0.25, -0.2) is 4.98 Å². The van der Waals surface area contributed by atoms with Crippen LogP contribution in [0, 0.1) is 0 Å². The Bertz CT molecular complexity index is 704. The number of para-hydroxylation sites is 2. The first-order valence-corrected chi connectivity index (χ1v) is 7.48. The lowest BCUT2D eigenvalue weighted by molar-refractivity contribution is 1.08. The Balaban J connectivity index is 2.20. The summed E-state index contributed by atoms with van der Waals surface area (Å²) in [4.78, 5) is 4.41. The van der Waals surface area contributed by atoms with Gasteiger partial charge in [-0.2, -0.15) is 0 Å². The van der Waals surface area contributed by atoms with Crippen LogP contribution in [-0.4, -0.2) is 9.55 Å². The molecule has 0 N–H and O–H groups in total. The summed E-state index contributed by atoms with van der Waals surface area (Å²) in [6, 6.07) is 14.5. The first-order chi connectivity index (χ1) is 8.79. The number of hydrogen-bond donors (Lipinski definition) is 0. The van der Waals surface area contributed by atoms with Gasteiger partial charge in [-0.15, -0.1) is 0 Å². The van der Waals surface area contributed by atoms with Crippen LogP contribution in [0.3, 0.4) is 0 Å². The van der Waals surface area contributed by atoms with Gasteiger partial charge in [0, 0.05) is 9.80 Å². The van der Waals surface area contributed by atoms with E-state index in [9.17, 15) is 0 Å². The van der Waals surface area contributed by atoms with E-state index in [0.717, 1.165) is 26.5 Å².